The van der Waals surface area contributed by atoms with Crippen molar-refractivity contribution in [3.05, 3.63) is 23.8 Å². The van der Waals surface area contributed by atoms with Gasteiger partial charge in [0.2, 0.25) is 5.91 Å². The van der Waals surface area contributed by atoms with Gasteiger partial charge in [-0.15, -0.1) is 11.6 Å². The van der Waals surface area contributed by atoms with Crippen molar-refractivity contribution < 1.29 is 9.53 Å². The number of alkyl halides is 1. The van der Waals surface area contributed by atoms with Crippen LogP contribution in [0.2, 0.25) is 0 Å². The van der Waals surface area contributed by atoms with Crippen LogP contribution >= 0.6 is 11.6 Å². The molecule has 0 radical (unpaired) electrons. The van der Waals surface area contributed by atoms with E-state index in [0.717, 1.165) is 0 Å². The van der Waals surface area contributed by atoms with Crippen LogP contribution in [0.4, 0.5) is 5.69 Å². The molecule has 0 fully saturated rings. The number of benzene rings is 1. The Hall–Kier alpha value is -1.73. The number of hydrogen-bond acceptors (Lipinski definition) is 3. The van der Waals surface area contributed by atoms with E-state index in [1.54, 1.807) is 18.2 Å². The van der Waals surface area contributed by atoms with Crippen molar-refractivity contribution in [2.24, 2.45) is 0 Å². The molecule has 1 amide bonds. The van der Waals surface area contributed by atoms with Gasteiger partial charge in [0.15, 0.2) is 0 Å². The molecule has 78 valence electrons. The minimum Gasteiger partial charge on any atom is -0.495 e. The Morgan fingerprint density at radius 1 is 1.67 bits per heavy atom. The van der Waals surface area contributed by atoms with Gasteiger partial charge in [-0.1, -0.05) is 0 Å². The highest BCUT2D eigenvalue weighted by atomic mass is 35.5. The monoisotopic (exact) mass is 224 g/mol. The SMILES string of the molecule is COc1cc(C#N)ccc1NC(=O)CCl. The molecule has 0 saturated heterocycles. The summed E-state index contributed by atoms with van der Waals surface area (Å²) in [7, 11) is 1.47. The molecule has 0 bridgehead atoms. The van der Waals surface area contributed by atoms with Gasteiger partial charge in [0.1, 0.15) is 11.6 Å². The number of ether oxygens (including phenoxy) is 1. The molecule has 1 aromatic rings. The Kier molecular flexibility index (Phi) is 3.95. The van der Waals surface area contributed by atoms with Crippen molar-refractivity contribution in [2.75, 3.05) is 18.3 Å². The van der Waals surface area contributed by atoms with Crippen molar-refractivity contribution in [1.29, 1.82) is 5.26 Å². The smallest absolute Gasteiger partial charge is 0.239 e. The van der Waals surface area contributed by atoms with Crippen LogP contribution in [0.3, 0.4) is 0 Å². The topological polar surface area (TPSA) is 62.1 Å². The average Bonchev–Trinajstić information content (AvgIpc) is 2.29. The van der Waals surface area contributed by atoms with E-state index in [2.05, 4.69) is 5.32 Å². The predicted octanol–water partition coefficient (Wildman–Crippen LogP) is 1.74. The summed E-state index contributed by atoms with van der Waals surface area (Å²) in [6.07, 6.45) is 0. The molecule has 0 atom stereocenters. The third-order valence-corrected chi connectivity index (χ3v) is 1.97. The van der Waals surface area contributed by atoms with E-state index in [1.807, 2.05) is 6.07 Å². The fourth-order valence-corrected chi connectivity index (χ4v) is 1.11. The van der Waals surface area contributed by atoms with Crippen LogP contribution < -0.4 is 10.1 Å². The zero-order valence-electron chi connectivity index (χ0n) is 8.08. The number of halogens is 1. The zero-order chi connectivity index (χ0) is 11.3. The van der Waals surface area contributed by atoms with Crippen molar-refractivity contribution >= 4 is 23.2 Å². The van der Waals surface area contributed by atoms with Crippen LogP contribution in [0.5, 0.6) is 5.75 Å². The summed E-state index contributed by atoms with van der Waals surface area (Å²) >= 11 is 5.35. The van der Waals surface area contributed by atoms with Crippen LogP contribution in [0.25, 0.3) is 0 Å². The van der Waals surface area contributed by atoms with Gasteiger partial charge in [-0.2, -0.15) is 5.26 Å². The van der Waals surface area contributed by atoms with E-state index in [0.29, 0.717) is 17.0 Å². The third-order valence-electron chi connectivity index (χ3n) is 1.73. The Bertz CT molecular complexity index is 412. The summed E-state index contributed by atoms with van der Waals surface area (Å²) in [5, 5.41) is 11.2. The second-order valence-electron chi connectivity index (χ2n) is 2.71. The number of nitrogens with zero attached hydrogens (tertiary/aromatic N) is 1. The second-order valence-corrected chi connectivity index (χ2v) is 2.98. The summed E-state index contributed by atoms with van der Waals surface area (Å²) in [5.41, 5.74) is 0.970. The number of rotatable bonds is 3. The van der Waals surface area contributed by atoms with E-state index < -0.39 is 0 Å². The van der Waals surface area contributed by atoms with Gasteiger partial charge in [-0.05, 0) is 12.1 Å². The van der Waals surface area contributed by atoms with Gasteiger partial charge in [0.25, 0.3) is 0 Å². The number of amides is 1. The first-order chi connectivity index (χ1) is 7.21. The van der Waals surface area contributed by atoms with Crippen LogP contribution in [0, 0.1) is 11.3 Å². The lowest BCUT2D eigenvalue weighted by Gasteiger charge is -2.08. The number of carbonyl (C=O) groups excluding carboxylic acids is 1. The van der Waals surface area contributed by atoms with Crippen molar-refractivity contribution in [1.82, 2.24) is 0 Å². The van der Waals surface area contributed by atoms with Crippen LogP contribution in [0.1, 0.15) is 5.56 Å². The molecule has 0 aromatic heterocycles. The maximum atomic E-state index is 11.0. The maximum absolute atomic E-state index is 11.0. The minimum absolute atomic E-state index is 0.122. The summed E-state index contributed by atoms with van der Waals surface area (Å²) in [4.78, 5) is 11.0. The number of carbonyl (C=O) groups is 1. The highest BCUT2D eigenvalue weighted by molar-refractivity contribution is 6.29. The molecule has 1 N–H and O–H groups in total. The van der Waals surface area contributed by atoms with E-state index in [4.69, 9.17) is 21.6 Å². The third kappa shape index (κ3) is 2.86. The van der Waals surface area contributed by atoms with E-state index in [-0.39, 0.29) is 11.8 Å². The van der Waals surface area contributed by atoms with Gasteiger partial charge in [0.05, 0.1) is 24.4 Å². The van der Waals surface area contributed by atoms with Crippen LogP contribution in [0.15, 0.2) is 18.2 Å². The maximum Gasteiger partial charge on any atom is 0.239 e. The average molecular weight is 225 g/mol. The van der Waals surface area contributed by atoms with Gasteiger partial charge in [0, 0.05) is 6.07 Å². The second kappa shape index (κ2) is 5.23. The summed E-state index contributed by atoms with van der Waals surface area (Å²) < 4.78 is 5.02. The Morgan fingerprint density at radius 3 is 2.93 bits per heavy atom. The number of hydrogen-bond donors (Lipinski definition) is 1. The molecular formula is C10H9ClN2O2. The molecule has 0 aliphatic heterocycles. The zero-order valence-corrected chi connectivity index (χ0v) is 8.84. The lowest BCUT2D eigenvalue weighted by Crippen LogP contribution is -2.13. The molecule has 0 aliphatic rings. The number of methoxy groups -OCH3 is 1. The molecule has 1 aromatic carbocycles. The van der Waals surface area contributed by atoms with E-state index in [9.17, 15) is 4.79 Å². The molecule has 0 aliphatic carbocycles. The van der Waals surface area contributed by atoms with E-state index in [1.165, 1.54) is 7.11 Å². The molecule has 0 unspecified atom stereocenters. The number of anilines is 1. The largest absolute Gasteiger partial charge is 0.495 e. The number of nitrogens with one attached hydrogen (secondary N) is 1. The minimum atomic E-state index is -0.320. The highest BCUT2D eigenvalue weighted by Crippen LogP contribution is 2.25. The van der Waals surface area contributed by atoms with Crippen molar-refractivity contribution in [3.63, 3.8) is 0 Å². The first kappa shape index (κ1) is 11.3. The summed E-state index contributed by atoms with van der Waals surface area (Å²) in [6.45, 7) is 0. The molecule has 5 heteroatoms. The lowest BCUT2D eigenvalue weighted by atomic mass is 10.2. The Morgan fingerprint density at radius 2 is 2.40 bits per heavy atom. The first-order valence-corrected chi connectivity index (χ1v) is 4.68. The highest BCUT2D eigenvalue weighted by Gasteiger charge is 2.07. The molecule has 4 nitrogen and oxygen atoms in total. The molecular weight excluding hydrogens is 216 g/mol. The predicted molar refractivity (Wildman–Crippen MR) is 57.1 cm³/mol. The van der Waals surface area contributed by atoms with E-state index >= 15 is 0 Å². The molecule has 0 spiro atoms. The van der Waals surface area contributed by atoms with Gasteiger partial charge in [-0.3, -0.25) is 4.79 Å². The molecule has 0 heterocycles. The summed E-state index contributed by atoms with van der Waals surface area (Å²) in [6, 6.07) is 6.71. The molecule has 15 heavy (non-hydrogen) atoms. The molecule has 0 saturated carbocycles. The number of nitriles is 1. The Balaban J connectivity index is 2.98. The summed E-state index contributed by atoms with van der Waals surface area (Å²) in [5.74, 6) is -0.00410. The fourth-order valence-electron chi connectivity index (χ4n) is 1.05. The molecule has 1 rings (SSSR count). The van der Waals surface area contributed by atoms with Gasteiger partial charge >= 0.3 is 0 Å². The normalized spacial score (nSPS) is 9.13. The van der Waals surface area contributed by atoms with Crippen LogP contribution in [-0.2, 0) is 4.79 Å². The van der Waals surface area contributed by atoms with Crippen molar-refractivity contribution in [2.45, 2.75) is 0 Å². The first-order valence-electron chi connectivity index (χ1n) is 4.15. The van der Waals surface area contributed by atoms with Gasteiger partial charge < -0.3 is 10.1 Å². The standard InChI is InChI=1S/C10H9ClN2O2/c1-15-9-4-7(6-12)2-3-8(9)13-10(14)5-11/h2-4H,5H2,1H3,(H,13,14). The van der Waals surface area contributed by atoms with Crippen molar-refractivity contribution in [3.8, 4) is 11.8 Å². The fraction of sp³-hybridized carbons (Fsp3) is 0.200. The Labute approximate surface area is 92.4 Å². The van der Waals surface area contributed by atoms with Crippen LogP contribution in [-0.4, -0.2) is 18.9 Å². The van der Waals surface area contributed by atoms with Gasteiger partial charge in [-0.25, -0.2) is 0 Å². The lowest BCUT2D eigenvalue weighted by molar-refractivity contribution is -0.113. The quantitative estimate of drug-likeness (QED) is 0.796.